The molecule has 2 aliphatic heterocycles. The predicted molar refractivity (Wildman–Crippen MR) is 93.7 cm³/mol. The van der Waals surface area contributed by atoms with E-state index in [-0.39, 0.29) is 24.1 Å². The molecular formula is C14H20N4O4S2. The summed E-state index contributed by atoms with van der Waals surface area (Å²) >= 11 is 1.75. The number of sulfonamides is 1. The van der Waals surface area contributed by atoms with E-state index >= 15 is 0 Å². The molecule has 3 N–H and O–H groups in total. The van der Waals surface area contributed by atoms with E-state index in [2.05, 4.69) is 15.6 Å². The minimum absolute atomic E-state index is 0.156. The SMILES string of the molecule is O=C(Nc1c[nH]ccc1=O)C1CC(S(=O)(=O)N2CCSCC2)CN1. The monoisotopic (exact) mass is 372 g/mol. The molecule has 132 valence electrons. The van der Waals surface area contributed by atoms with E-state index in [4.69, 9.17) is 0 Å². The number of carbonyl (C=O) groups is 1. The number of nitrogens with zero attached hydrogens (tertiary/aromatic N) is 1. The number of hydrogen-bond donors (Lipinski definition) is 3. The van der Waals surface area contributed by atoms with Crippen molar-refractivity contribution in [3.05, 3.63) is 28.7 Å². The Kier molecular flexibility index (Phi) is 5.28. The van der Waals surface area contributed by atoms with Gasteiger partial charge in [0.2, 0.25) is 21.4 Å². The van der Waals surface area contributed by atoms with Gasteiger partial charge in [-0.3, -0.25) is 9.59 Å². The maximum absolute atomic E-state index is 12.7. The Balaban J connectivity index is 1.63. The van der Waals surface area contributed by atoms with Crippen LogP contribution in [-0.4, -0.2) is 66.0 Å². The van der Waals surface area contributed by atoms with Crippen LogP contribution in [0.15, 0.2) is 23.3 Å². The number of aromatic amines is 1. The molecule has 3 heterocycles. The molecule has 1 aromatic rings. The number of H-pyrrole nitrogens is 1. The second-order valence-corrected chi connectivity index (χ2v) is 9.22. The van der Waals surface area contributed by atoms with Crippen molar-refractivity contribution < 1.29 is 13.2 Å². The van der Waals surface area contributed by atoms with E-state index < -0.39 is 27.2 Å². The topological polar surface area (TPSA) is 111 Å². The average Bonchev–Trinajstić information content (AvgIpc) is 3.09. The number of thioether (sulfide) groups is 1. The fraction of sp³-hybridized carbons (Fsp3) is 0.571. The van der Waals surface area contributed by atoms with Crippen LogP contribution in [0.5, 0.6) is 0 Å². The molecule has 0 radical (unpaired) electrons. The Labute approximate surface area is 144 Å². The van der Waals surface area contributed by atoms with Crippen molar-refractivity contribution in [2.24, 2.45) is 0 Å². The number of aromatic nitrogens is 1. The van der Waals surface area contributed by atoms with Gasteiger partial charge in [-0.15, -0.1) is 0 Å². The van der Waals surface area contributed by atoms with Crippen LogP contribution < -0.4 is 16.1 Å². The fourth-order valence-electron chi connectivity index (χ4n) is 2.88. The van der Waals surface area contributed by atoms with Gasteiger partial charge in [0.1, 0.15) is 5.69 Å². The molecule has 2 fully saturated rings. The van der Waals surface area contributed by atoms with Crippen LogP contribution in [0.4, 0.5) is 5.69 Å². The number of rotatable bonds is 4. The van der Waals surface area contributed by atoms with Gasteiger partial charge in [-0.2, -0.15) is 16.1 Å². The highest BCUT2D eigenvalue weighted by Crippen LogP contribution is 2.22. The maximum atomic E-state index is 12.7. The average molecular weight is 372 g/mol. The molecule has 2 unspecified atom stereocenters. The van der Waals surface area contributed by atoms with E-state index in [9.17, 15) is 18.0 Å². The maximum Gasteiger partial charge on any atom is 0.241 e. The largest absolute Gasteiger partial charge is 0.366 e. The summed E-state index contributed by atoms with van der Waals surface area (Å²) in [5.41, 5.74) is -0.140. The molecule has 0 spiro atoms. The summed E-state index contributed by atoms with van der Waals surface area (Å²) < 4.78 is 26.8. The van der Waals surface area contributed by atoms with Gasteiger partial charge >= 0.3 is 0 Å². The molecule has 3 rings (SSSR count). The van der Waals surface area contributed by atoms with Gasteiger partial charge in [-0.05, 0) is 6.42 Å². The number of anilines is 1. The lowest BCUT2D eigenvalue weighted by Gasteiger charge is -2.28. The van der Waals surface area contributed by atoms with Crippen molar-refractivity contribution in [2.75, 3.05) is 36.5 Å². The van der Waals surface area contributed by atoms with Crippen LogP contribution in [-0.2, 0) is 14.8 Å². The first-order chi connectivity index (χ1) is 11.5. The summed E-state index contributed by atoms with van der Waals surface area (Å²) in [6.07, 6.45) is 3.10. The first-order valence-electron chi connectivity index (χ1n) is 7.76. The molecule has 1 amide bonds. The standard InChI is InChI=1S/C14H20N4O4S2/c19-13-1-2-15-9-12(13)17-14(20)11-7-10(8-16-11)24(21,22)18-3-5-23-6-4-18/h1-2,9-11,16H,3-8H2,(H,15,19)(H,17,20). The quantitative estimate of drug-likeness (QED) is 0.652. The third-order valence-electron chi connectivity index (χ3n) is 4.24. The van der Waals surface area contributed by atoms with Crippen molar-refractivity contribution >= 4 is 33.4 Å². The Morgan fingerprint density at radius 3 is 2.79 bits per heavy atom. The van der Waals surface area contributed by atoms with E-state index in [1.165, 1.54) is 22.8 Å². The molecule has 0 aromatic carbocycles. The summed E-state index contributed by atoms with van der Waals surface area (Å²) in [5, 5.41) is 4.90. The first kappa shape index (κ1) is 17.5. The van der Waals surface area contributed by atoms with Gasteiger partial charge in [-0.25, -0.2) is 8.42 Å². The van der Waals surface area contributed by atoms with E-state index in [0.717, 1.165) is 11.5 Å². The molecule has 10 heteroatoms. The zero-order chi connectivity index (χ0) is 17.2. The van der Waals surface area contributed by atoms with Crippen LogP contribution >= 0.6 is 11.8 Å². The lowest BCUT2D eigenvalue weighted by Crippen LogP contribution is -2.44. The minimum atomic E-state index is -3.40. The van der Waals surface area contributed by atoms with Crippen LogP contribution in [0.25, 0.3) is 0 Å². The van der Waals surface area contributed by atoms with Gasteiger partial charge in [0.15, 0.2) is 0 Å². The van der Waals surface area contributed by atoms with Crippen LogP contribution in [0.1, 0.15) is 6.42 Å². The number of nitrogens with one attached hydrogen (secondary N) is 3. The van der Waals surface area contributed by atoms with Crippen molar-refractivity contribution in [3.63, 3.8) is 0 Å². The molecule has 0 saturated carbocycles. The minimum Gasteiger partial charge on any atom is -0.366 e. The Bertz CT molecular complexity index is 758. The van der Waals surface area contributed by atoms with Gasteiger partial charge in [0.05, 0.1) is 11.3 Å². The third-order valence-corrected chi connectivity index (χ3v) is 7.47. The summed E-state index contributed by atoms with van der Waals surface area (Å²) in [6, 6.07) is 0.697. The number of pyridine rings is 1. The van der Waals surface area contributed by atoms with Gasteiger partial charge in [-0.1, -0.05) is 0 Å². The predicted octanol–water partition coefficient (Wildman–Crippen LogP) is -0.577. The molecule has 8 nitrogen and oxygen atoms in total. The third kappa shape index (κ3) is 3.66. The fourth-order valence-corrected chi connectivity index (χ4v) is 5.87. The second-order valence-electron chi connectivity index (χ2n) is 5.79. The van der Waals surface area contributed by atoms with Crippen molar-refractivity contribution in [3.8, 4) is 0 Å². The summed E-state index contributed by atoms with van der Waals surface area (Å²) in [6.45, 7) is 1.30. The first-order valence-corrected chi connectivity index (χ1v) is 10.4. The highest BCUT2D eigenvalue weighted by Gasteiger charge is 2.40. The smallest absolute Gasteiger partial charge is 0.241 e. The molecule has 1 aromatic heterocycles. The molecule has 0 bridgehead atoms. The normalized spacial score (nSPS) is 25.5. The molecule has 2 atom stereocenters. The van der Waals surface area contributed by atoms with Gasteiger partial charge in [0.25, 0.3) is 0 Å². The number of carbonyl (C=O) groups excluding carboxylic acids is 1. The highest BCUT2D eigenvalue weighted by molar-refractivity contribution is 7.99. The summed E-state index contributed by atoms with van der Waals surface area (Å²) in [5.74, 6) is 1.22. The lowest BCUT2D eigenvalue weighted by atomic mass is 10.2. The van der Waals surface area contributed by atoms with Crippen molar-refractivity contribution in [1.82, 2.24) is 14.6 Å². The Morgan fingerprint density at radius 1 is 1.33 bits per heavy atom. The number of amides is 1. The van der Waals surface area contributed by atoms with Crippen molar-refractivity contribution in [2.45, 2.75) is 17.7 Å². The molecule has 24 heavy (non-hydrogen) atoms. The molecule has 2 aliphatic rings. The molecule has 2 saturated heterocycles. The zero-order valence-corrected chi connectivity index (χ0v) is 14.7. The van der Waals surface area contributed by atoms with Crippen LogP contribution in [0, 0.1) is 0 Å². The second kappa shape index (κ2) is 7.26. The highest BCUT2D eigenvalue weighted by atomic mass is 32.2. The molecular weight excluding hydrogens is 352 g/mol. The summed E-state index contributed by atoms with van der Waals surface area (Å²) in [4.78, 5) is 26.7. The van der Waals surface area contributed by atoms with E-state index in [0.29, 0.717) is 13.1 Å². The van der Waals surface area contributed by atoms with Gasteiger partial charge < -0.3 is 15.6 Å². The van der Waals surface area contributed by atoms with E-state index in [1.807, 2.05) is 0 Å². The lowest BCUT2D eigenvalue weighted by molar-refractivity contribution is -0.117. The number of hydrogen-bond acceptors (Lipinski definition) is 6. The van der Waals surface area contributed by atoms with Crippen LogP contribution in [0.3, 0.4) is 0 Å². The molecule has 0 aliphatic carbocycles. The van der Waals surface area contributed by atoms with Crippen molar-refractivity contribution in [1.29, 1.82) is 0 Å². The Hall–Kier alpha value is -1.36. The summed E-state index contributed by atoms with van der Waals surface area (Å²) in [7, 11) is -3.40. The zero-order valence-electron chi connectivity index (χ0n) is 13.0. The van der Waals surface area contributed by atoms with Crippen LogP contribution in [0.2, 0.25) is 0 Å². The Morgan fingerprint density at radius 2 is 2.08 bits per heavy atom. The van der Waals surface area contributed by atoms with E-state index in [1.54, 1.807) is 11.8 Å². The van der Waals surface area contributed by atoms with Gasteiger partial charge in [0, 0.05) is 49.6 Å².